The number of nitrogens with two attached hydrogens (primary N) is 1. The Labute approximate surface area is 188 Å². The van der Waals surface area contributed by atoms with Crippen LogP contribution in [0.1, 0.15) is 35.5 Å². The highest BCUT2D eigenvalue weighted by molar-refractivity contribution is 6.04. The summed E-state index contributed by atoms with van der Waals surface area (Å²) in [5, 5.41) is 11.3. The standard InChI is InChI=1S/C24H22F3N5O/c1-13-22(15(3)33-31-13)17-9-20-23(30-11-17)18(19(28)10-21(29)24(25,26)27)12-32(20)14(2)16-7-5-4-6-8-16/h4-12,14,29H,28H2,1-3H3/b19-10-,29-21?. The topological polar surface area (TPSA) is 93.7 Å². The summed E-state index contributed by atoms with van der Waals surface area (Å²) in [6, 6.07) is 11.5. The lowest BCUT2D eigenvalue weighted by Crippen LogP contribution is -2.20. The van der Waals surface area contributed by atoms with E-state index in [1.54, 1.807) is 19.3 Å². The van der Waals surface area contributed by atoms with Crippen LogP contribution in [-0.2, 0) is 0 Å². The molecule has 33 heavy (non-hydrogen) atoms. The number of aromatic nitrogens is 3. The van der Waals surface area contributed by atoms with Crippen molar-refractivity contribution in [3.63, 3.8) is 0 Å². The number of rotatable bonds is 5. The summed E-state index contributed by atoms with van der Waals surface area (Å²) >= 11 is 0. The van der Waals surface area contributed by atoms with Crippen LogP contribution < -0.4 is 5.73 Å². The summed E-state index contributed by atoms with van der Waals surface area (Å²) in [5.41, 5.74) is 9.09. The van der Waals surface area contributed by atoms with E-state index in [0.717, 1.165) is 16.7 Å². The fourth-order valence-corrected chi connectivity index (χ4v) is 3.90. The predicted octanol–water partition coefficient (Wildman–Crippen LogP) is 5.80. The molecule has 0 spiro atoms. The van der Waals surface area contributed by atoms with Crippen molar-refractivity contribution >= 4 is 22.4 Å². The molecule has 0 bridgehead atoms. The molecule has 0 saturated carbocycles. The molecule has 4 aromatic rings. The summed E-state index contributed by atoms with van der Waals surface area (Å²) in [4.78, 5) is 4.54. The van der Waals surface area contributed by atoms with Crippen molar-refractivity contribution in [2.45, 2.75) is 33.0 Å². The van der Waals surface area contributed by atoms with Crippen LogP contribution in [0.4, 0.5) is 13.2 Å². The molecule has 170 valence electrons. The Morgan fingerprint density at radius 2 is 1.91 bits per heavy atom. The van der Waals surface area contributed by atoms with Gasteiger partial charge in [0.1, 0.15) is 11.5 Å². The summed E-state index contributed by atoms with van der Waals surface area (Å²) in [5.74, 6) is 0.640. The number of aryl methyl sites for hydroxylation is 2. The van der Waals surface area contributed by atoms with Crippen LogP contribution in [0.25, 0.3) is 27.9 Å². The predicted molar refractivity (Wildman–Crippen MR) is 121 cm³/mol. The number of nitrogens with zero attached hydrogens (tertiary/aromatic N) is 3. The third kappa shape index (κ3) is 4.13. The maximum atomic E-state index is 12.9. The van der Waals surface area contributed by atoms with Gasteiger partial charge in [-0.1, -0.05) is 35.5 Å². The molecule has 1 atom stereocenters. The Morgan fingerprint density at radius 1 is 1.21 bits per heavy atom. The number of fused-ring (bicyclic) bond motifs is 1. The van der Waals surface area contributed by atoms with E-state index in [2.05, 4.69) is 10.1 Å². The largest absolute Gasteiger partial charge is 0.432 e. The number of nitrogens with one attached hydrogen (secondary N) is 1. The van der Waals surface area contributed by atoms with Crippen LogP contribution in [0, 0.1) is 19.3 Å². The molecule has 0 radical (unpaired) electrons. The van der Waals surface area contributed by atoms with Gasteiger partial charge >= 0.3 is 6.18 Å². The Bertz CT molecular complexity index is 1350. The first kappa shape index (κ1) is 22.3. The minimum atomic E-state index is -4.79. The van der Waals surface area contributed by atoms with E-state index >= 15 is 0 Å². The summed E-state index contributed by atoms with van der Waals surface area (Å²) in [7, 11) is 0. The second-order valence-electron chi connectivity index (χ2n) is 7.84. The fraction of sp³-hybridized carbons (Fsp3) is 0.208. The zero-order valence-electron chi connectivity index (χ0n) is 18.2. The van der Waals surface area contributed by atoms with Gasteiger partial charge in [-0.3, -0.25) is 10.4 Å². The molecular formula is C24H22F3N5O. The number of benzene rings is 1. The third-order valence-electron chi connectivity index (χ3n) is 5.61. The second kappa shape index (κ2) is 8.23. The lowest BCUT2D eigenvalue weighted by Gasteiger charge is -2.16. The quantitative estimate of drug-likeness (QED) is 0.374. The third-order valence-corrected chi connectivity index (χ3v) is 5.61. The minimum Gasteiger partial charge on any atom is -0.398 e. The number of allylic oxidation sites excluding steroid dienone is 1. The van der Waals surface area contributed by atoms with Gasteiger partial charge in [0.25, 0.3) is 0 Å². The van der Waals surface area contributed by atoms with Crippen molar-refractivity contribution in [2.24, 2.45) is 5.73 Å². The molecule has 4 rings (SSSR count). The number of hydrogen-bond donors (Lipinski definition) is 2. The SMILES string of the molecule is Cc1noc(C)c1-c1cnc2c(/C(N)=C/C(=N)C(F)(F)F)cn(C(C)c3ccccc3)c2c1. The van der Waals surface area contributed by atoms with Crippen LogP contribution in [0.15, 0.2) is 59.4 Å². The Morgan fingerprint density at radius 3 is 2.52 bits per heavy atom. The first-order chi connectivity index (χ1) is 15.6. The number of hydrogen-bond acceptors (Lipinski definition) is 5. The molecule has 1 unspecified atom stereocenters. The molecule has 6 nitrogen and oxygen atoms in total. The van der Waals surface area contributed by atoms with Crippen molar-refractivity contribution in [3.8, 4) is 11.1 Å². The molecule has 9 heteroatoms. The Balaban J connectivity index is 1.93. The maximum absolute atomic E-state index is 12.9. The summed E-state index contributed by atoms with van der Waals surface area (Å²) in [6.45, 7) is 5.62. The number of pyridine rings is 1. The van der Waals surface area contributed by atoms with Crippen LogP contribution in [-0.4, -0.2) is 26.6 Å². The molecule has 0 fully saturated rings. The molecule has 0 amide bonds. The molecule has 0 aliphatic heterocycles. The highest BCUT2D eigenvalue weighted by Gasteiger charge is 2.33. The van der Waals surface area contributed by atoms with Gasteiger partial charge in [-0.15, -0.1) is 0 Å². The van der Waals surface area contributed by atoms with E-state index in [-0.39, 0.29) is 11.7 Å². The van der Waals surface area contributed by atoms with Gasteiger partial charge < -0.3 is 14.8 Å². The Kier molecular flexibility index (Phi) is 5.57. The lowest BCUT2D eigenvalue weighted by atomic mass is 10.0. The lowest BCUT2D eigenvalue weighted by molar-refractivity contribution is -0.0583. The number of halogens is 3. The monoisotopic (exact) mass is 453 g/mol. The van der Waals surface area contributed by atoms with E-state index < -0.39 is 11.9 Å². The van der Waals surface area contributed by atoms with Gasteiger partial charge in [0.2, 0.25) is 0 Å². The van der Waals surface area contributed by atoms with Crippen molar-refractivity contribution in [3.05, 3.63) is 77.4 Å². The molecule has 3 heterocycles. The van der Waals surface area contributed by atoms with E-state index in [1.165, 1.54) is 0 Å². The van der Waals surface area contributed by atoms with Crippen molar-refractivity contribution < 1.29 is 17.7 Å². The molecule has 0 aliphatic carbocycles. The van der Waals surface area contributed by atoms with Gasteiger partial charge in [-0.25, -0.2) is 0 Å². The van der Waals surface area contributed by atoms with Gasteiger partial charge in [0, 0.05) is 34.8 Å². The summed E-state index contributed by atoms with van der Waals surface area (Å²) < 4.78 is 46.0. The van der Waals surface area contributed by atoms with E-state index in [1.807, 2.05) is 54.8 Å². The minimum absolute atomic E-state index is 0.154. The normalized spacial score (nSPS) is 13.5. The van der Waals surface area contributed by atoms with E-state index in [9.17, 15) is 13.2 Å². The molecule has 0 saturated heterocycles. The fourth-order valence-electron chi connectivity index (χ4n) is 3.90. The van der Waals surface area contributed by atoms with Crippen molar-refractivity contribution in [2.75, 3.05) is 0 Å². The zero-order valence-corrected chi connectivity index (χ0v) is 18.2. The highest BCUT2D eigenvalue weighted by atomic mass is 19.4. The van der Waals surface area contributed by atoms with Crippen molar-refractivity contribution in [1.82, 2.24) is 14.7 Å². The van der Waals surface area contributed by atoms with Gasteiger partial charge in [-0.2, -0.15) is 13.2 Å². The first-order valence-corrected chi connectivity index (χ1v) is 10.2. The van der Waals surface area contributed by atoms with Crippen LogP contribution >= 0.6 is 0 Å². The average Bonchev–Trinajstić information content (AvgIpc) is 3.32. The Hall–Kier alpha value is -3.88. The van der Waals surface area contributed by atoms with Crippen LogP contribution in [0.5, 0.6) is 0 Å². The maximum Gasteiger partial charge on any atom is 0.432 e. The van der Waals surface area contributed by atoms with Crippen LogP contribution in [0.3, 0.4) is 0 Å². The molecule has 1 aromatic carbocycles. The van der Waals surface area contributed by atoms with E-state index in [0.29, 0.717) is 34.1 Å². The van der Waals surface area contributed by atoms with Gasteiger partial charge in [0.05, 0.1) is 22.8 Å². The van der Waals surface area contributed by atoms with Gasteiger partial charge in [-0.05, 0) is 38.5 Å². The first-order valence-electron chi connectivity index (χ1n) is 10.2. The molecule has 0 aliphatic rings. The summed E-state index contributed by atoms with van der Waals surface area (Å²) in [6.07, 6.45) is -0.860. The molecule has 3 N–H and O–H groups in total. The zero-order chi connectivity index (χ0) is 23.9. The second-order valence-corrected chi connectivity index (χ2v) is 7.84. The number of alkyl halides is 3. The highest BCUT2D eigenvalue weighted by Crippen LogP contribution is 2.34. The van der Waals surface area contributed by atoms with Gasteiger partial charge in [0.15, 0.2) is 0 Å². The smallest absolute Gasteiger partial charge is 0.398 e. The van der Waals surface area contributed by atoms with Crippen molar-refractivity contribution in [1.29, 1.82) is 5.41 Å². The van der Waals surface area contributed by atoms with E-state index in [4.69, 9.17) is 15.7 Å². The average molecular weight is 453 g/mol. The van der Waals surface area contributed by atoms with Crippen LogP contribution in [0.2, 0.25) is 0 Å². The molecular weight excluding hydrogens is 431 g/mol. The molecule has 3 aromatic heterocycles.